The fraction of sp³-hybridized carbons (Fsp3) is 0.438. The van der Waals surface area contributed by atoms with E-state index in [9.17, 15) is 0 Å². The van der Waals surface area contributed by atoms with Crippen LogP contribution in [0.1, 0.15) is 18.7 Å². The first-order chi connectivity index (χ1) is 9.83. The average molecular weight is 270 g/mol. The van der Waals surface area contributed by atoms with Crippen molar-refractivity contribution in [2.24, 2.45) is 0 Å². The zero-order valence-electron chi connectivity index (χ0n) is 12.0. The van der Waals surface area contributed by atoms with Crippen LogP contribution in [0.3, 0.4) is 0 Å². The molecule has 1 aromatic carbocycles. The average Bonchev–Trinajstić information content (AvgIpc) is 3.12. The Kier molecular flexibility index (Phi) is 3.90. The van der Waals surface area contributed by atoms with Crippen molar-refractivity contribution >= 4 is 11.4 Å². The molecule has 1 aromatic heterocycles. The zero-order valence-corrected chi connectivity index (χ0v) is 12.0. The van der Waals surface area contributed by atoms with Gasteiger partial charge in [-0.05, 0) is 44.0 Å². The molecule has 106 valence electrons. The van der Waals surface area contributed by atoms with Crippen LogP contribution >= 0.6 is 0 Å². The molecule has 0 aliphatic carbocycles. The summed E-state index contributed by atoms with van der Waals surface area (Å²) in [7, 11) is 0. The molecule has 1 saturated heterocycles. The number of anilines is 2. The Balaban J connectivity index is 1.52. The predicted molar refractivity (Wildman–Crippen MR) is 83.3 cm³/mol. The van der Waals surface area contributed by atoms with Crippen LogP contribution in [0.15, 0.2) is 36.7 Å². The van der Waals surface area contributed by atoms with E-state index in [0.717, 1.165) is 18.9 Å². The molecule has 4 nitrogen and oxygen atoms in total. The van der Waals surface area contributed by atoms with Crippen molar-refractivity contribution < 1.29 is 0 Å². The molecular formula is C16H22N4. The molecule has 4 heteroatoms. The van der Waals surface area contributed by atoms with E-state index in [4.69, 9.17) is 0 Å². The standard InChI is InChI=1S/C16H22N4/c1-14-17-8-12-19(14)13-9-18-15-4-6-16(7-5-15)20-10-2-3-11-20/h4-8,12,18H,2-3,9-11,13H2,1H3. The van der Waals surface area contributed by atoms with E-state index < -0.39 is 0 Å². The SMILES string of the molecule is Cc1nccn1CCNc1ccc(N2CCCC2)cc1. The molecule has 0 saturated carbocycles. The van der Waals surface area contributed by atoms with Gasteiger partial charge in [0.15, 0.2) is 0 Å². The van der Waals surface area contributed by atoms with E-state index in [-0.39, 0.29) is 0 Å². The second-order valence-electron chi connectivity index (χ2n) is 5.34. The lowest BCUT2D eigenvalue weighted by Gasteiger charge is -2.18. The van der Waals surface area contributed by atoms with Crippen LogP contribution in [-0.2, 0) is 6.54 Å². The van der Waals surface area contributed by atoms with Crippen LogP contribution in [0.4, 0.5) is 11.4 Å². The molecule has 1 aliphatic heterocycles. The van der Waals surface area contributed by atoms with Crippen molar-refractivity contribution in [3.8, 4) is 0 Å². The van der Waals surface area contributed by atoms with Crippen LogP contribution in [0.25, 0.3) is 0 Å². The summed E-state index contributed by atoms with van der Waals surface area (Å²) in [4.78, 5) is 6.68. The maximum absolute atomic E-state index is 4.23. The van der Waals surface area contributed by atoms with Gasteiger partial charge in [-0.25, -0.2) is 4.98 Å². The molecule has 3 rings (SSSR count). The third-order valence-electron chi connectivity index (χ3n) is 3.94. The quantitative estimate of drug-likeness (QED) is 0.907. The Morgan fingerprint density at radius 2 is 1.90 bits per heavy atom. The molecule has 2 aromatic rings. The Morgan fingerprint density at radius 1 is 1.15 bits per heavy atom. The van der Waals surface area contributed by atoms with Crippen LogP contribution in [0.2, 0.25) is 0 Å². The molecule has 0 amide bonds. The molecule has 0 spiro atoms. The molecule has 0 unspecified atom stereocenters. The van der Waals surface area contributed by atoms with Gasteiger partial charge in [-0.3, -0.25) is 0 Å². The largest absolute Gasteiger partial charge is 0.383 e. The lowest BCUT2D eigenvalue weighted by Crippen LogP contribution is -2.17. The van der Waals surface area contributed by atoms with Crippen molar-refractivity contribution in [3.63, 3.8) is 0 Å². The fourth-order valence-corrected chi connectivity index (χ4v) is 2.73. The Morgan fingerprint density at radius 3 is 2.55 bits per heavy atom. The van der Waals surface area contributed by atoms with Crippen LogP contribution < -0.4 is 10.2 Å². The lowest BCUT2D eigenvalue weighted by molar-refractivity contribution is 0.701. The van der Waals surface area contributed by atoms with Gasteiger partial charge in [0.25, 0.3) is 0 Å². The highest BCUT2D eigenvalue weighted by Crippen LogP contribution is 2.21. The number of rotatable bonds is 5. The van der Waals surface area contributed by atoms with E-state index in [0.29, 0.717) is 0 Å². The van der Waals surface area contributed by atoms with E-state index in [1.165, 1.54) is 37.3 Å². The van der Waals surface area contributed by atoms with Crippen molar-refractivity contribution in [1.29, 1.82) is 0 Å². The summed E-state index contributed by atoms with van der Waals surface area (Å²) >= 11 is 0. The monoisotopic (exact) mass is 270 g/mol. The van der Waals surface area contributed by atoms with Crippen LogP contribution in [0, 0.1) is 6.92 Å². The van der Waals surface area contributed by atoms with Crippen molar-refractivity contribution in [2.45, 2.75) is 26.3 Å². The van der Waals surface area contributed by atoms with Gasteiger partial charge in [0, 0.05) is 49.9 Å². The third kappa shape index (κ3) is 2.95. The minimum absolute atomic E-state index is 0.917. The van der Waals surface area contributed by atoms with Gasteiger partial charge in [-0.1, -0.05) is 0 Å². The fourth-order valence-electron chi connectivity index (χ4n) is 2.73. The molecular weight excluding hydrogens is 248 g/mol. The number of benzene rings is 1. The number of hydrogen-bond donors (Lipinski definition) is 1. The number of nitrogens with one attached hydrogen (secondary N) is 1. The second kappa shape index (κ2) is 5.99. The van der Waals surface area contributed by atoms with Gasteiger partial charge >= 0.3 is 0 Å². The summed E-state index contributed by atoms with van der Waals surface area (Å²) in [6.45, 7) is 6.30. The molecule has 20 heavy (non-hydrogen) atoms. The van der Waals surface area contributed by atoms with E-state index in [2.05, 4.69) is 44.0 Å². The van der Waals surface area contributed by atoms with Gasteiger partial charge in [-0.2, -0.15) is 0 Å². The highest BCUT2D eigenvalue weighted by molar-refractivity contribution is 5.55. The number of imidazole rings is 1. The van der Waals surface area contributed by atoms with Gasteiger partial charge < -0.3 is 14.8 Å². The summed E-state index contributed by atoms with van der Waals surface area (Å²) in [5.41, 5.74) is 2.53. The molecule has 1 N–H and O–H groups in total. The number of hydrogen-bond acceptors (Lipinski definition) is 3. The first-order valence-corrected chi connectivity index (χ1v) is 7.39. The topological polar surface area (TPSA) is 33.1 Å². The van der Waals surface area contributed by atoms with E-state index in [1.54, 1.807) is 0 Å². The molecule has 1 fully saturated rings. The second-order valence-corrected chi connectivity index (χ2v) is 5.34. The van der Waals surface area contributed by atoms with Crippen molar-refractivity contribution in [3.05, 3.63) is 42.5 Å². The summed E-state index contributed by atoms with van der Waals surface area (Å²) in [5.74, 6) is 1.07. The van der Waals surface area contributed by atoms with Gasteiger partial charge in [0.2, 0.25) is 0 Å². The van der Waals surface area contributed by atoms with Crippen LogP contribution in [-0.4, -0.2) is 29.2 Å². The smallest absolute Gasteiger partial charge is 0.105 e. The van der Waals surface area contributed by atoms with Gasteiger partial charge in [0.1, 0.15) is 5.82 Å². The predicted octanol–water partition coefficient (Wildman–Crippen LogP) is 2.90. The Bertz CT molecular complexity index is 538. The summed E-state index contributed by atoms with van der Waals surface area (Å²) in [6.07, 6.45) is 6.52. The number of nitrogens with zero attached hydrogens (tertiary/aromatic N) is 3. The molecule has 0 radical (unpaired) electrons. The summed E-state index contributed by atoms with van der Waals surface area (Å²) in [5, 5.41) is 3.46. The maximum atomic E-state index is 4.23. The van der Waals surface area contributed by atoms with Gasteiger partial charge in [-0.15, -0.1) is 0 Å². The van der Waals surface area contributed by atoms with Crippen molar-refractivity contribution in [1.82, 2.24) is 9.55 Å². The highest BCUT2D eigenvalue weighted by Gasteiger charge is 2.11. The van der Waals surface area contributed by atoms with Gasteiger partial charge in [0.05, 0.1) is 0 Å². The highest BCUT2D eigenvalue weighted by atomic mass is 15.1. The normalized spacial score (nSPS) is 14.8. The summed E-state index contributed by atoms with van der Waals surface area (Å²) in [6, 6.07) is 8.79. The molecule has 1 aliphatic rings. The Labute approximate surface area is 120 Å². The lowest BCUT2D eigenvalue weighted by atomic mass is 10.2. The van der Waals surface area contributed by atoms with E-state index in [1.807, 2.05) is 19.3 Å². The molecule has 0 atom stereocenters. The van der Waals surface area contributed by atoms with E-state index >= 15 is 0 Å². The zero-order chi connectivity index (χ0) is 13.8. The van der Waals surface area contributed by atoms with Crippen LogP contribution in [0.5, 0.6) is 0 Å². The number of aryl methyl sites for hydroxylation is 1. The summed E-state index contributed by atoms with van der Waals surface area (Å²) < 4.78 is 2.16. The molecule has 0 bridgehead atoms. The Hall–Kier alpha value is -1.97. The minimum Gasteiger partial charge on any atom is -0.383 e. The van der Waals surface area contributed by atoms with Crippen molar-refractivity contribution in [2.75, 3.05) is 29.9 Å². The first-order valence-electron chi connectivity index (χ1n) is 7.39. The minimum atomic E-state index is 0.917. The maximum Gasteiger partial charge on any atom is 0.105 e. The first kappa shape index (κ1) is 13.0. The molecule has 2 heterocycles. The third-order valence-corrected chi connectivity index (χ3v) is 3.94. The number of aromatic nitrogens is 2.